The van der Waals surface area contributed by atoms with E-state index in [1.165, 1.54) is 0 Å². The maximum absolute atomic E-state index is 11.7. The van der Waals surface area contributed by atoms with Gasteiger partial charge in [-0.05, 0) is 12.1 Å². The van der Waals surface area contributed by atoms with Gasteiger partial charge in [-0.15, -0.1) is 0 Å². The molecule has 4 heteroatoms. The normalized spacial score (nSPS) is 18.2. The van der Waals surface area contributed by atoms with E-state index in [4.69, 9.17) is 5.73 Å². The predicted molar refractivity (Wildman–Crippen MR) is 50.3 cm³/mol. The average molecular weight is 177 g/mol. The minimum atomic E-state index is -0.724. The molecule has 0 aliphatic carbocycles. The molecule has 1 aliphatic heterocycles. The summed E-state index contributed by atoms with van der Waals surface area (Å²) in [6, 6.07) is 5.30. The zero-order valence-electron chi connectivity index (χ0n) is 7.61. The third-order valence-corrected chi connectivity index (χ3v) is 2.14. The van der Waals surface area contributed by atoms with Gasteiger partial charge >= 0.3 is 0 Å². The van der Waals surface area contributed by atoms with Gasteiger partial charge in [0.05, 0.1) is 0 Å². The van der Waals surface area contributed by atoms with Crippen LogP contribution in [0.15, 0.2) is 23.2 Å². The van der Waals surface area contributed by atoms with Gasteiger partial charge in [-0.25, -0.2) is 4.99 Å². The SMILES string of the molecule is CC1(C)N=c2cccc(N)c2=[N+]1[O-]. The first-order valence-electron chi connectivity index (χ1n) is 4.11. The number of para-hydroxylation sites is 1. The minimum absolute atomic E-state index is 0.488. The van der Waals surface area contributed by atoms with Crippen molar-refractivity contribution in [2.24, 2.45) is 4.99 Å². The smallest absolute Gasteiger partial charge is 0.261 e. The van der Waals surface area contributed by atoms with E-state index in [-0.39, 0.29) is 0 Å². The van der Waals surface area contributed by atoms with Crippen LogP contribution in [0, 0.1) is 5.21 Å². The number of anilines is 1. The van der Waals surface area contributed by atoms with Crippen molar-refractivity contribution < 1.29 is 0 Å². The molecule has 0 radical (unpaired) electrons. The lowest BCUT2D eigenvalue weighted by molar-refractivity contribution is 0.417. The van der Waals surface area contributed by atoms with Gasteiger partial charge in [0.25, 0.3) is 11.0 Å². The summed E-state index contributed by atoms with van der Waals surface area (Å²) in [6.45, 7) is 3.53. The highest BCUT2D eigenvalue weighted by atomic mass is 16.5. The molecule has 13 heavy (non-hydrogen) atoms. The molecule has 68 valence electrons. The van der Waals surface area contributed by atoms with Crippen molar-refractivity contribution in [2.75, 3.05) is 5.73 Å². The van der Waals surface area contributed by atoms with Crippen molar-refractivity contribution in [2.45, 2.75) is 19.5 Å². The Balaban J connectivity index is 2.96. The molecule has 0 aromatic heterocycles. The second kappa shape index (κ2) is 2.22. The molecule has 2 rings (SSSR count). The summed E-state index contributed by atoms with van der Waals surface area (Å²) in [7, 11) is 0. The maximum atomic E-state index is 11.7. The lowest BCUT2D eigenvalue weighted by Gasteiger charge is -2.14. The molecular formula is C9H11N3O. The first-order valence-corrected chi connectivity index (χ1v) is 4.11. The first-order chi connectivity index (χ1) is 6.02. The van der Waals surface area contributed by atoms with Crippen molar-refractivity contribution in [3.63, 3.8) is 0 Å². The molecule has 0 saturated heterocycles. The van der Waals surface area contributed by atoms with E-state index in [0.29, 0.717) is 16.4 Å². The van der Waals surface area contributed by atoms with Gasteiger partial charge in [-0.2, -0.15) is 4.74 Å². The lowest BCUT2D eigenvalue weighted by Crippen LogP contribution is -2.39. The van der Waals surface area contributed by atoms with Crippen LogP contribution in [0.4, 0.5) is 5.69 Å². The zero-order chi connectivity index (χ0) is 9.64. The third-order valence-electron chi connectivity index (χ3n) is 2.14. The van der Waals surface area contributed by atoms with Crippen LogP contribution in [0.25, 0.3) is 0 Å². The Hall–Kier alpha value is -1.58. The molecule has 1 heterocycles. The van der Waals surface area contributed by atoms with Gasteiger partial charge in [-0.1, -0.05) is 6.07 Å². The standard InChI is InChI=1S/C9H11N3O/c1-9(2)11-7-5-3-4-6(10)8(7)12(9)13/h3-5H,10H2,1-2H3. The Morgan fingerprint density at radius 2 is 2.15 bits per heavy atom. The van der Waals surface area contributed by atoms with E-state index in [9.17, 15) is 5.21 Å². The van der Waals surface area contributed by atoms with E-state index in [1.54, 1.807) is 32.0 Å². The summed E-state index contributed by atoms with van der Waals surface area (Å²) >= 11 is 0. The first kappa shape index (κ1) is 8.04. The van der Waals surface area contributed by atoms with Crippen LogP contribution >= 0.6 is 0 Å². The van der Waals surface area contributed by atoms with Gasteiger partial charge < -0.3 is 10.9 Å². The number of nitrogens with zero attached hydrogens (tertiary/aromatic N) is 2. The molecule has 0 bridgehead atoms. The summed E-state index contributed by atoms with van der Waals surface area (Å²) in [5.74, 6) is 0. The number of hydrogen-bond donors (Lipinski definition) is 1. The zero-order valence-corrected chi connectivity index (χ0v) is 7.61. The molecule has 4 nitrogen and oxygen atoms in total. The monoisotopic (exact) mass is 177 g/mol. The van der Waals surface area contributed by atoms with Gasteiger partial charge in [-0.3, -0.25) is 0 Å². The van der Waals surface area contributed by atoms with E-state index in [0.717, 1.165) is 4.74 Å². The highest BCUT2D eigenvalue weighted by Gasteiger charge is 2.31. The molecule has 1 aromatic carbocycles. The fourth-order valence-electron chi connectivity index (χ4n) is 1.47. The third kappa shape index (κ3) is 0.983. The molecule has 0 saturated carbocycles. The quantitative estimate of drug-likeness (QED) is 0.334. The average Bonchev–Trinajstić information content (AvgIpc) is 2.24. The Labute approximate surface area is 75.6 Å². The lowest BCUT2D eigenvalue weighted by atomic mass is 10.3. The van der Waals surface area contributed by atoms with Crippen molar-refractivity contribution in [1.82, 2.24) is 4.74 Å². The fourth-order valence-corrected chi connectivity index (χ4v) is 1.47. The Kier molecular flexibility index (Phi) is 1.37. The van der Waals surface area contributed by atoms with Crippen molar-refractivity contribution in [1.29, 1.82) is 0 Å². The van der Waals surface area contributed by atoms with E-state index < -0.39 is 5.66 Å². The predicted octanol–water partition coefficient (Wildman–Crippen LogP) is -0.373. The molecular weight excluding hydrogens is 166 g/mol. The fraction of sp³-hybridized carbons (Fsp3) is 0.333. The molecule has 0 spiro atoms. The van der Waals surface area contributed by atoms with Crippen molar-refractivity contribution in [3.05, 3.63) is 34.1 Å². The number of fused-ring (bicyclic) bond motifs is 1. The van der Waals surface area contributed by atoms with Crippen LogP contribution in [0.3, 0.4) is 0 Å². The number of rotatable bonds is 0. The molecule has 0 fully saturated rings. The maximum Gasteiger partial charge on any atom is 0.261 e. The summed E-state index contributed by atoms with van der Waals surface area (Å²) < 4.78 is 0.859. The van der Waals surface area contributed by atoms with Crippen LogP contribution in [-0.4, -0.2) is 5.66 Å². The summed E-state index contributed by atoms with van der Waals surface area (Å²) in [6.07, 6.45) is 0. The van der Waals surface area contributed by atoms with Crippen LogP contribution in [0.1, 0.15) is 13.8 Å². The van der Waals surface area contributed by atoms with Crippen molar-refractivity contribution >= 4 is 5.69 Å². The van der Waals surface area contributed by atoms with Gasteiger partial charge in [0.15, 0.2) is 0 Å². The number of hydrogen-bond acceptors (Lipinski definition) is 3. The summed E-state index contributed by atoms with van der Waals surface area (Å²) in [5, 5.41) is 12.9. The summed E-state index contributed by atoms with van der Waals surface area (Å²) in [4.78, 5) is 4.26. The number of benzene rings is 1. The molecule has 2 N–H and O–H groups in total. The second-order valence-corrected chi connectivity index (χ2v) is 3.62. The topological polar surface area (TPSA) is 64.4 Å². The van der Waals surface area contributed by atoms with Crippen LogP contribution in [0.2, 0.25) is 0 Å². The van der Waals surface area contributed by atoms with Crippen LogP contribution in [0.5, 0.6) is 0 Å². The van der Waals surface area contributed by atoms with Gasteiger partial charge in [0.2, 0.25) is 0 Å². The highest BCUT2D eigenvalue weighted by molar-refractivity contribution is 5.37. The highest BCUT2D eigenvalue weighted by Crippen LogP contribution is 2.08. The van der Waals surface area contributed by atoms with E-state index in [1.807, 2.05) is 0 Å². The van der Waals surface area contributed by atoms with E-state index in [2.05, 4.69) is 4.99 Å². The molecule has 1 aliphatic rings. The molecule has 0 amide bonds. The largest absolute Gasteiger partial charge is 0.621 e. The number of hydroxylamine groups is 1. The molecule has 0 unspecified atom stereocenters. The Morgan fingerprint density at radius 3 is 2.77 bits per heavy atom. The van der Waals surface area contributed by atoms with Crippen molar-refractivity contribution in [3.8, 4) is 0 Å². The van der Waals surface area contributed by atoms with Crippen LogP contribution in [-0.2, 0) is 0 Å². The minimum Gasteiger partial charge on any atom is -0.621 e. The van der Waals surface area contributed by atoms with Crippen LogP contribution < -0.4 is 21.2 Å². The Bertz CT molecular complexity index is 476. The van der Waals surface area contributed by atoms with Gasteiger partial charge in [0.1, 0.15) is 11.0 Å². The Morgan fingerprint density at radius 1 is 1.46 bits per heavy atom. The van der Waals surface area contributed by atoms with E-state index >= 15 is 0 Å². The number of nitrogen functional groups attached to an aromatic ring is 1. The number of nitrogens with two attached hydrogens (primary N) is 1. The molecule has 1 aromatic rings. The summed E-state index contributed by atoms with van der Waals surface area (Å²) in [5.41, 5.74) is 5.45. The molecule has 0 atom stereocenters. The van der Waals surface area contributed by atoms with Gasteiger partial charge in [0, 0.05) is 13.8 Å². The second-order valence-electron chi connectivity index (χ2n) is 3.62.